The summed E-state index contributed by atoms with van der Waals surface area (Å²) in [6, 6.07) is 5.07. The van der Waals surface area contributed by atoms with Crippen LogP contribution in [0, 0.1) is 0 Å². The first-order valence-corrected chi connectivity index (χ1v) is 4.23. The van der Waals surface area contributed by atoms with Gasteiger partial charge in [-0.3, -0.25) is 0 Å². The number of hydrogen-bond acceptors (Lipinski definition) is 4. The van der Waals surface area contributed by atoms with Gasteiger partial charge in [0.2, 0.25) is 0 Å². The van der Waals surface area contributed by atoms with Crippen LogP contribution in [-0.2, 0) is 4.79 Å². The van der Waals surface area contributed by atoms with Gasteiger partial charge in [0.15, 0.2) is 11.5 Å². The van der Waals surface area contributed by atoms with Crippen molar-refractivity contribution in [3.8, 4) is 11.5 Å². The van der Waals surface area contributed by atoms with Crippen LogP contribution in [0.3, 0.4) is 0 Å². The van der Waals surface area contributed by atoms with Crippen LogP contribution in [0.1, 0.15) is 5.56 Å². The van der Waals surface area contributed by atoms with Crippen LogP contribution in [0.5, 0.6) is 11.5 Å². The second-order valence-corrected chi connectivity index (χ2v) is 2.48. The molecule has 4 nitrogen and oxygen atoms in total. The van der Waals surface area contributed by atoms with Gasteiger partial charge in [0, 0.05) is 0 Å². The molecule has 1 aromatic carbocycles. The highest BCUT2D eigenvalue weighted by Crippen LogP contribution is 2.26. The topological polar surface area (TPSA) is 66.8 Å². The van der Waals surface area contributed by atoms with Crippen molar-refractivity contribution in [2.24, 2.45) is 0 Å². The van der Waals surface area contributed by atoms with Gasteiger partial charge in [-0.25, -0.2) is 0 Å². The Labute approximate surface area is 88.4 Å². The minimum absolute atomic E-state index is 0.151. The summed E-state index contributed by atoms with van der Waals surface area (Å²) >= 11 is 0. The van der Waals surface area contributed by atoms with Crippen LogP contribution < -0.4 is 4.74 Å². The van der Waals surface area contributed by atoms with Gasteiger partial charge in [-0.1, -0.05) is 18.7 Å². The molecule has 0 aliphatic carbocycles. The lowest BCUT2D eigenvalue weighted by atomic mass is 10.2. The number of aromatic hydroxyl groups is 1. The lowest BCUT2D eigenvalue weighted by Crippen LogP contribution is -1.83. The maximum atomic E-state index is 9.17. The highest BCUT2D eigenvalue weighted by Gasteiger charge is 1.98. The SMILES string of the molecule is C=Cc1ccc(O)c(OC)c1.O=CCO. The van der Waals surface area contributed by atoms with Crippen molar-refractivity contribution < 1.29 is 19.7 Å². The van der Waals surface area contributed by atoms with Gasteiger partial charge in [-0.15, -0.1) is 0 Å². The van der Waals surface area contributed by atoms with Crippen molar-refractivity contribution in [1.29, 1.82) is 0 Å². The van der Waals surface area contributed by atoms with Gasteiger partial charge >= 0.3 is 0 Å². The monoisotopic (exact) mass is 210 g/mol. The largest absolute Gasteiger partial charge is 0.504 e. The molecule has 0 fully saturated rings. The highest BCUT2D eigenvalue weighted by atomic mass is 16.5. The van der Waals surface area contributed by atoms with E-state index in [-0.39, 0.29) is 12.4 Å². The van der Waals surface area contributed by atoms with Crippen molar-refractivity contribution in [3.63, 3.8) is 0 Å². The number of ether oxygens (including phenoxy) is 1. The molecule has 0 amide bonds. The number of aldehydes is 1. The number of benzene rings is 1. The Balaban J connectivity index is 0.000000423. The van der Waals surface area contributed by atoms with Crippen molar-refractivity contribution in [2.75, 3.05) is 13.7 Å². The van der Waals surface area contributed by atoms with E-state index in [4.69, 9.17) is 14.6 Å². The standard InChI is InChI=1S/C9H10O2.C2H4O2/c1-3-7-4-5-8(10)9(6-7)11-2;3-1-2-4/h3-6,10H,1H2,2H3;1,4H,2H2. The molecule has 15 heavy (non-hydrogen) atoms. The Hall–Kier alpha value is -1.81. The van der Waals surface area contributed by atoms with Crippen molar-refractivity contribution >= 4 is 12.4 Å². The maximum Gasteiger partial charge on any atom is 0.161 e. The van der Waals surface area contributed by atoms with Crippen LogP contribution in [0.2, 0.25) is 0 Å². The number of phenols is 1. The summed E-state index contributed by atoms with van der Waals surface area (Å²) in [7, 11) is 1.52. The highest BCUT2D eigenvalue weighted by molar-refractivity contribution is 5.53. The Morgan fingerprint density at radius 2 is 2.13 bits per heavy atom. The van der Waals surface area contributed by atoms with E-state index in [9.17, 15) is 5.11 Å². The molecule has 0 aliphatic heterocycles. The molecule has 4 heteroatoms. The Morgan fingerprint density at radius 1 is 1.53 bits per heavy atom. The summed E-state index contributed by atoms with van der Waals surface area (Å²) in [5.41, 5.74) is 0.930. The van der Waals surface area contributed by atoms with E-state index in [2.05, 4.69) is 6.58 Å². The molecule has 0 saturated heterocycles. The van der Waals surface area contributed by atoms with E-state index in [1.165, 1.54) is 7.11 Å². The molecule has 0 unspecified atom stereocenters. The molecule has 0 aliphatic rings. The number of phenolic OH excluding ortho intramolecular Hbond substituents is 1. The fourth-order valence-electron chi connectivity index (χ4n) is 0.821. The molecule has 0 heterocycles. The van der Waals surface area contributed by atoms with E-state index in [0.29, 0.717) is 12.0 Å². The smallest absolute Gasteiger partial charge is 0.161 e. The predicted octanol–water partition coefficient (Wildman–Crippen LogP) is 1.22. The minimum Gasteiger partial charge on any atom is -0.504 e. The van der Waals surface area contributed by atoms with Gasteiger partial charge in [0.25, 0.3) is 0 Å². The fraction of sp³-hybridized carbons (Fsp3) is 0.182. The van der Waals surface area contributed by atoms with Crippen LogP contribution in [0.25, 0.3) is 6.08 Å². The van der Waals surface area contributed by atoms with Gasteiger partial charge < -0.3 is 19.7 Å². The first-order valence-electron chi connectivity index (χ1n) is 4.23. The lowest BCUT2D eigenvalue weighted by molar-refractivity contribution is -0.110. The van der Waals surface area contributed by atoms with Crippen LogP contribution >= 0.6 is 0 Å². The number of methoxy groups -OCH3 is 1. The quantitative estimate of drug-likeness (QED) is 0.736. The summed E-state index contributed by atoms with van der Waals surface area (Å²) < 4.78 is 4.89. The summed E-state index contributed by atoms with van der Waals surface area (Å²) in [6.45, 7) is 3.24. The van der Waals surface area contributed by atoms with Crippen LogP contribution in [0.4, 0.5) is 0 Å². The third kappa shape index (κ3) is 4.83. The molecule has 0 spiro atoms. The lowest BCUT2D eigenvalue weighted by Gasteiger charge is -2.02. The van der Waals surface area contributed by atoms with Crippen molar-refractivity contribution in [1.82, 2.24) is 0 Å². The van der Waals surface area contributed by atoms with Crippen LogP contribution in [0.15, 0.2) is 24.8 Å². The Morgan fingerprint density at radius 3 is 2.53 bits per heavy atom. The van der Waals surface area contributed by atoms with Crippen LogP contribution in [-0.4, -0.2) is 30.2 Å². The molecule has 0 bridgehead atoms. The molecule has 0 atom stereocenters. The molecular formula is C11H14O4. The zero-order valence-corrected chi connectivity index (χ0v) is 8.51. The predicted molar refractivity (Wildman–Crippen MR) is 57.9 cm³/mol. The van der Waals surface area contributed by atoms with Crippen molar-refractivity contribution in [3.05, 3.63) is 30.3 Å². The van der Waals surface area contributed by atoms with E-state index in [1.807, 2.05) is 0 Å². The first-order chi connectivity index (χ1) is 7.19. The number of carbonyl (C=O) groups is 1. The number of carbonyl (C=O) groups excluding carboxylic acids is 1. The number of rotatable bonds is 3. The molecule has 2 N–H and O–H groups in total. The zero-order chi connectivity index (χ0) is 11.7. The van der Waals surface area contributed by atoms with Crippen molar-refractivity contribution in [2.45, 2.75) is 0 Å². The Kier molecular flexibility index (Phi) is 6.67. The third-order valence-corrected chi connectivity index (χ3v) is 1.51. The zero-order valence-electron chi connectivity index (χ0n) is 8.51. The number of aliphatic hydroxyl groups excluding tert-OH is 1. The summed E-state index contributed by atoms with van der Waals surface area (Å²) in [6.07, 6.45) is 2.13. The molecule has 0 saturated carbocycles. The van der Waals surface area contributed by atoms with Gasteiger partial charge in [-0.05, 0) is 17.7 Å². The molecule has 82 valence electrons. The average Bonchev–Trinajstić information content (AvgIpc) is 2.30. The molecule has 1 rings (SSSR count). The Bertz CT molecular complexity index is 320. The minimum atomic E-state index is -0.361. The molecule has 1 aromatic rings. The first kappa shape index (κ1) is 13.2. The van der Waals surface area contributed by atoms with E-state index in [1.54, 1.807) is 24.3 Å². The maximum absolute atomic E-state index is 9.17. The second-order valence-electron chi connectivity index (χ2n) is 2.48. The fourth-order valence-corrected chi connectivity index (χ4v) is 0.821. The number of hydrogen-bond donors (Lipinski definition) is 2. The van der Waals surface area contributed by atoms with Gasteiger partial charge in [-0.2, -0.15) is 0 Å². The summed E-state index contributed by atoms with van der Waals surface area (Å²) in [4.78, 5) is 8.92. The van der Waals surface area contributed by atoms with Gasteiger partial charge in [0.05, 0.1) is 13.7 Å². The summed E-state index contributed by atoms with van der Waals surface area (Å²) in [5.74, 6) is 0.625. The second kappa shape index (κ2) is 7.58. The number of aliphatic hydroxyl groups is 1. The van der Waals surface area contributed by atoms with Gasteiger partial charge in [0.1, 0.15) is 6.29 Å². The van der Waals surface area contributed by atoms with E-state index >= 15 is 0 Å². The average molecular weight is 210 g/mol. The normalized spacial score (nSPS) is 8.40. The third-order valence-electron chi connectivity index (χ3n) is 1.51. The molecule has 0 aromatic heterocycles. The van der Waals surface area contributed by atoms with E-state index in [0.717, 1.165) is 5.56 Å². The molecular weight excluding hydrogens is 196 g/mol. The summed E-state index contributed by atoms with van der Waals surface area (Å²) in [5, 5.41) is 16.7. The van der Waals surface area contributed by atoms with E-state index < -0.39 is 0 Å². The molecule has 0 radical (unpaired) electrons.